The normalized spacial score (nSPS) is 16.1. The summed E-state index contributed by atoms with van der Waals surface area (Å²) in [5.41, 5.74) is 11.9. The minimum atomic E-state index is -0.335. The first-order valence-electron chi connectivity index (χ1n) is 22.8. The number of imide groups is 2. The number of anilines is 2. The van der Waals surface area contributed by atoms with Crippen LogP contribution in [0.4, 0.5) is 11.4 Å². The van der Waals surface area contributed by atoms with Crippen LogP contribution in [0, 0.1) is 0 Å². The van der Waals surface area contributed by atoms with Gasteiger partial charge in [-0.05, 0) is 162 Å². The maximum absolute atomic E-state index is 15.0. The molecule has 7 aromatic carbocycles. The number of carbonyl (C=O) groups excluding carboxylic acids is 4. The van der Waals surface area contributed by atoms with Crippen molar-refractivity contribution in [1.82, 2.24) is 0 Å². The van der Waals surface area contributed by atoms with Gasteiger partial charge in [-0.3, -0.25) is 19.2 Å². The average Bonchev–Trinajstić information content (AvgIpc) is 4.03. The van der Waals surface area contributed by atoms with Crippen molar-refractivity contribution in [2.45, 2.75) is 91.9 Å². The Bertz CT molecular complexity index is 3020. The Kier molecular flexibility index (Phi) is 8.91. The molecule has 11 rings (SSSR count). The van der Waals surface area contributed by atoms with E-state index < -0.39 is 0 Å². The largest absolute Gasteiger partial charge is 0.268 e. The van der Waals surface area contributed by atoms with Crippen molar-refractivity contribution in [3.8, 4) is 0 Å². The molecule has 2 aliphatic heterocycles. The molecule has 0 saturated heterocycles. The van der Waals surface area contributed by atoms with E-state index in [1.54, 1.807) is 0 Å². The highest BCUT2D eigenvalue weighted by Gasteiger charge is 2.41. The van der Waals surface area contributed by atoms with Crippen molar-refractivity contribution < 1.29 is 19.2 Å². The first-order chi connectivity index (χ1) is 30.8. The highest BCUT2D eigenvalue weighted by Crippen LogP contribution is 2.50. The zero-order chi connectivity index (χ0) is 44.6. The summed E-state index contributed by atoms with van der Waals surface area (Å²) >= 11 is 0. The second-order valence-electron chi connectivity index (χ2n) is 19.3. The van der Waals surface area contributed by atoms with Crippen LogP contribution in [0.15, 0.2) is 109 Å². The summed E-state index contributed by atoms with van der Waals surface area (Å²) < 4.78 is 0. The molecule has 6 heteroatoms. The van der Waals surface area contributed by atoms with E-state index in [0.29, 0.717) is 44.4 Å². The van der Waals surface area contributed by atoms with Crippen LogP contribution in [-0.4, -0.2) is 23.6 Å². The highest BCUT2D eigenvalue weighted by molar-refractivity contribution is 6.45. The molecule has 2 heterocycles. The number of rotatable bonds is 8. The van der Waals surface area contributed by atoms with Gasteiger partial charge in [0.05, 0.1) is 11.4 Å². The van der Waals surface area contributed by atoms with E-state index >= 15 is 19.2 Å². The van der Waals surface area contributed by atoms with Gasteiger partial charge < -0.3 is 0 Å². The van der Waals surface area contributed by atoms with Crippen LogP contribution in [0.1, 0.15) is 167 Å². The molecule has 0 fully saturated rings. The second-order valence-corrected chi connectivity index (χ2v) is 19.3. The minimum Gasteiger partial charge on any atom is -0.268 e. The molecule has 0 bridgehead atoms. The fraction of sp³-hybridized carbons (Fsp3) is 0.241. The molecular weight excluding hydrogens is 789 g/mol. The van der Waals surface area contributed by atoms with E-state index in [2.05, 4.69) is 116 Å². The molecular formula is C58H50N2O4. The molecule has 0 saturated carbocycles. The summed E-state index contributed by atoms with van der Waals surface area (Å²) in [5.74, 6) is -1.13. The number of nitrogens with zero attached hydrogens (tertiary/aromatic N) is 2. The van der Waals surface area contributed by atoms with Gasteiger partial charge in [0, 0.05) is 33.0 Å². The molecule has 7 aromatic rings. The molecule has 0 unspecified atom stereocenters. The summed E-state index contributed by atoms with van der Waals surface area (Å²) in [6.07, 6.45) is 14.4. The molecule has 6 nitrogen and oxygen atoms in total. The lowest BCUT2D eigenvalue weighted by Crippen LogP contribution is -2.42. The molecule has 0 N–H and O–H groups in total. The molecule has 64 heavy (non-hydrogen) atoms. The van der Waals surface area contributed by atoms with Crippen molar-refractivity contribution in [2.75, 3.05) is 9.80 Å². The summed E-state index contributed by atoms with van der Waals surface area (Å²) in [7, 11) is 0. The van der Waals surface area contributed by atoms with E-state index in [4.69, 9.17) is 0 Å². The first kappa shape index (κ1) is 39.9. The van der Waals surface area contributed by atoms with Crippen LogP contribution < -0.4 is 9.80 Å². The fourth-order valence-corrected chi connectivity index (χ4v) is 11.0. The third-order valence-electron chi connectivity index (χ3n) is 14.2. The fourth-order valence-electron chi connectivity index (χ4n) is 11.0. The summed E-state index contributed by atoms with van der Waals surface area (Å²) in [5, 5.41) is 6.43. The average molecular weight is 839 g/mol. The van der Waals surface area contributed by atoms with Gasteiger partial charge in [0.25, 0.3) is 23.6 Å². The number of hydrogen-bond donors (Lipinski definition) is 0. The van der Waals surface area contributed by atoms with Gasteiger partial charge in [0.2, 0.25) is 0 Å². The van der Waals surface area contributed by atoms with Crippen LogP contribution in [0.2, 0.25) is 0 Å². The van der Waals surface area contributed by atoms with Gasteiger partial charge in [-0.2, -0.15) is 0 Å². The maximum Gasteiger partial charge on any atom is 0.266 e. The van der Waals surface area contributed by atoms with Gasteiger partial charge in [-0.1, -0.05) is 116 Å². The van der Waals surface area contributed by atoms with Crippen LogP contribution >= 0.6 is 0 Å². The van der Waals surface area contributed by atoms with Gasteiger partial charge in [-0.25, -0.2) is 9.80 Å². The number of carbonyl (C=O) groups is 4. The predicted octanol–water partition coefficient (Wildman–Crippen LogP) is 14.5. The van der Waals surface area contributed by atoms with Gasteiger partial charge in [0.15, 0.2) is 0 Å². The summed E-state index contributed by atoms with van der Waals surface area (Å²) in [4.78, 5) is 63.0. The van der Waals surface area contributed by atoms with E-state index in [1.165, 1.54) is 20.9 Å². The maximum atomic E-state index is 15.0. The van der Waals surface area contributed by atoms with Crippen molar-refractivity contribution in [1.29, 1.82) is 0 Å². The van der Waals surface area contributed by atoms with Gasteiger partial charge >= 0.3 is 0 Å². The number of allylic oxidation sites excluding steroid dienone is 8. The number of benzene rings is 7. The zero-order valence-electron chi connectivity index (χ0n) is 37.6. The van der Waals surface area contributed by atoms with Crippen LogP contribution in [0.5, 0.6) is 0 Å². The Hall–Kier alpha value is -6.92. The Morgan fingerprint density at radius 1 is 0.391 bits per heavy atom. The Labute approximate surface area is 373 Å². The lowest BCUT2D eigenvalue weighted by molar-refractivity contribution is 0.0877. The first-order valence-corrected chi connectivity index (χ1v) is 22.8. The monoisotopic (exact) mass is 838 g/mol. The van der Waals surface area contributed by atoms with Crippen LogP contribution in [0.3, 0.4) is 0 Å². The predicted molar refractivity (Wildman–Crippen MR) is 263 cm³/mol. The van der Waals surface area contributed by atoms with Crippen molar-refractivity contribution in [3.63, 3.8) is 0 Å². The van der Waals surface area contributed by atoms with Crippen molar-refractivity contribution in [2.24, 2.45) is 0 Å². The van der Waals surface area contributed by atoms with Gasteiger partial charge in [-0.15, -0.1) is 0 Å². The molecule has 0 atom stereocenters. The number of amides is 4. The molecule has 316 valence electrons. The smallest absolute Gasteiger partial charge is 0.266 e. The Morgan fingerprint density at radius 2 is 0.672 bits per heavy atom. The standard InChI is InChI=1S/C58H50N2O4/c1-29(2)45-25-35(33-13-9-10-14-33)26-46(30(3)4)53(45)59-55(61)41-21-17-37-39-19-23-43-52-44(24-20-40(50(39)52)38-18-22-42(56(59)62)51(41)49(37)38)58(64)60(57(43)63)54-47(31(5)6)27-36(28-48(54)32(7)8)34-15-11-12-16-34/h9-13,15,17-32H,14,16H2,1-8H3. The van der Waals surface area contributed by atoms with Gasteiger partial charge in [0.1, 0.15) is 0 Å². The lowest BCUT2D eigenvalue weighted by Gasteiger charge is -2.34. The van der Waals surface area contributed by atoms with Crippen molar-refractivity contribution in [3.05, 3.63) is 165 Å². The van der Waals surface area contributed by atoms with Crippen LogP contribution in [-0.2, 0) is 0 Å². The Balaban J connectivity index is 1.08. The van der Waals surface area contributed by atoms with E-state index in [0.717, 1.165) is 78.5 Å². The highest BCUT2D eigenvalue weighted by atomic mass is 16.2. The molecule has 4 amide bonds. The molecule has 0 radical (unpaired) electrons. The quantitative estimate of drug-likeness (QED) is 0.0868. The SMILES string of the molecule is CC(C)c1cc(C2=CC=CC2)cc(C(C)C)c1N1C(=O)c2ccc3c4ccc5c6c(ccc(c7ccc(c2c37)C1=O)c64)C(=O)N(c1c(C(C)C)cc(C2=CC=CC2)cc1C(C)C)C5=O. The number of fused-ring (bicyclic) bond motifs is 2. The number of hydrogen-bond acceptors (Lipinski definition) is 4. The zero-order valence-corrected chi connectivity index (χ0v) is 37.6. The van der Waals surface area contributed by atoms with E-state index in [9.17, 15) is 0 Å². The molecule has 0 spiro atoms. The lowest BCUT2D eigenvalue weighted by atomic mass is 9.81. The third-order valence-corrected chi connectivity index (χ3v) is 14.2. The third kappa shape index (κ3) is 5.50. The topological polar surface area (TPSA) is 74.8 Å². The van der Waals surface area contributed by atoms with E-state index in [-0.39, 0.29) is 47.3 Å². The summed E-state index contributed by atoms with van der Waals surface area (Å²) in [6.45, 7) is 17.0. The Morgan fingerprint density at radius 3 is 0.906 bits per heavy atom. The van der Waals surface area contributed by atoms with Crippen molar-refractivity contribution >= 4 is 89.2 Å². The summed E-state index contributed by atoms with van der Waals surface area (Å²) in [6, 6.07) is 24.1. The molecule has 0 aromatic heterocycles. The molecule has 2 aliphatic carbocycles. The van der Waals surface area contributed by atoms with E-state index in [1.807, 2.05) is 48.5 Å². The second kappa shape index (κ2) is 14.3. The van der Waals surface area contributed by atoms with Crippen LogP contribution in [0.25, 0.3) is 54.2 Å². The molecule has 4 aliphatic rings. The minimum absolute atomic E-state index is 0.0523.